The van der Waals surface area contributed by atoms with Crippen LogP contribution >= 0.6 is 23.1 Å². The SMILES string of the molecule is Cc1ccc(CNC(=O)CSc2nnc3sc4ccccc4n23)cc1. The van der Waals surface area contributed by atoms with Gasteiger partial charge in [0.2, 0.25) is 10.9 Å². The van der Waals surface area contributed by atoms with Gasteiger partial charge in [-0.15, -0.1) is 10.2 Å². The molecule has 2 aromatic carbocycles. The third-order valence-corrected chi connectivity index (χ3v) is 5.79. The van der Waals surface area contributed by atoms with Crippen molar-refractivity contribution in [2.24, 2.45) is 0 Å². The molecule has 0 bridgehead atoms. The van der Waals surface area contributed by atoms with Crippen molar-refractivity contribution in [2.45, 2.75) is 18.6 Å². The second-order valence-corrected chi connectivity index (χ2v) is 7.67. The molecule has 0 saturated heterocycles. The molecule has 0 unspecified atom stereocenters. The number of carbonyl (C=O) groups excluding carboxylic acids is 1. The highest BCUT2D eigenvalue weighted by atomic mass is 32.2. The number of hydrogen-bond acceptors (Lipinski definition) is 5. The van der Waals surface area contributed by atoms with Crippen LogP contribution in [0.1, 0.15) is 11.1 Å². The molecule has 0 aliphatic rings. The first kappa shape index (κ1) is 16.1. The summed E-state index contributed by atoms with van der Waals surface area (Å²) in [5.74, 6) is 0.304. The highest BCUT2D eigenvalue weighted by Crippen LogP contribution is 2.29. The summed E-state index contributed by atoms with van der Waals surface area (Å²) in [4.78, 5) is 13.0. The molecular formula is C18H16N4OS2. The number of benzene rings is 2. The number of thiazole rings is 1. The summed E-state index contributed by atoms with van der Waals surface area (Å²) in [6.45, 7) is 2.59. The fourth-order valence-corrected chi connectivity index (χ4v) is 4.33. The molecule has 2 aromatic heterocycles. The van der Waals surface area contributed by atoms with E-state index in [0.717, 1.165) is 25.9 Å². The zero-order chi connectivity index (χ0) is 17.2. The van der Waals surface area contributed by atoms with E-state index in [4.69, 9.17) is 0 Å². The number of para-hydroxylation sites is 1. The summed E-state index contributed by atoms with van der Waals surface area (Å²) in [6, 6.07) is 16.3. The number of carbonyl (C=O) groups is 1. The Morgan fingerprint density at radius 3 is 2.80 bits per heavy atom. The van der Waals surface area contributed by atoms with E-state index in [1.807, 2.05) is 53.8 Å². The number of nitrogens with one attached hydrogen (secondary N) is 1. The molecule has 0 saturated carbocycles. The topological polar surface area (TPSA) is 59.3 Å². The molecule has 5 nitrogen and oxygen atoms in total. The summed E-state index contributed by atoms with van der Waals surface area (Å²) >= 11 is 3.01. The van der Waals surface area contributed by atoms with Crippen LogP contribution < -0.4 is 5.32 Å². The zero-order valence-corrected chi connectivity index (χ0v) is 15.2. The highest BCUT2D eigenvalue weighted by molar-refractivity contribution is 7.99. The molecule has 0 aliphatic carbocycles. The van der Waals surface area contributed by atoms with E-state index in [-0.39, 0.29) is 5.91 Å². The van der Waals surface area contributed by atoms with Crippen molar-refractivity contribution in [3.63, 3.8) is 0 Å². The van der Waals surface area contributed by atoms with Gasteiger partial charge in [-0.25, -0.2) is 0 Å². The molecule has 1 N–H and O–H groups in total. The van der Waals surface area contributed by atoms with Crippen LogP contribution in [0, 0.1) is 6.92 Å². The van der Waals surface area contributed by atoms with Crippen LogP contribution in [0.25, 0.3) is 15.2 Å². The van der Waals surface area contributed by atoms with Crippen molar-refractivity contribution in [3.8, 4) is 0 Å². The van der Waals surface area contributed by atoms with E-state index < -0.39 is 0 Å². The lowest BCUT2D eigenvalue weighted by atomic mass is 10.1. The molecule has 25 heavy (non-hydrogen) atoms. The Morgan fingerprint density at radius 1 is 1.16 bits per heavy atom. The minimum atomic E-state index is -0.0122. The number of nitrogens with zero attached hydrogens (tertiary/aromatic N) is 3. The van der Waals surface area contributed by atoms with Crippen LogP contribution in [0.15, 0.2) is 53.7 Å². The van der Waals surface area contributed by atoms with E-state index in [9.17, 15) is 4.79 Å². The molecule has 0 fully saturated rings. The summed E-state index contributed by atoms with van der Waals surface area (Å²) in [5, 5.41) is 12.1. The number of fused-ring (bicyclic) bond motifs is 3. The Kier molecular flexibility index (Phi) is 4.42. The third kappa shape index (κ3) is 3.38. The molecule has 0 radical (unpaired) electrons. The summed E-state index contributed by atoms with van der Waals surface area (Å²) in [5.41, 5.74) is 3.39. The van der Waals surface area contributed by atoms with Crippen LogP contribution in [0.4, 0.5) is 0 Å². The zero-order valence-electron chi connectivity index (χ0n) is 13.6. The Bertz CT molecular complexity index is 1040. The number of rotatable bonds is 5. The molecule has 7 heteroatoms. The number of hydrogen-bond donors (Lipinski definition) is 1. The van der Waals surface area contributed by atoms with Gasteiger partial charge < -0.3 is 5.32 Å². The van der Waals surface area contributed by atoms with Crippen LogP contribution in [0.3, 0.4) is 0 Å². The third-order valence-electron chi connectivity index (χ3n) is 3.85. The molecule has 126 valence electrons. The average Bonchev–Trinajstić information content (AvgIpc) is 3.18. The molecular weight excluding hydrogens is 352 g/mol. The molecule has 0 aliphatic heterocycles. The van der Waals surface area contributed by atoms with E-state index in [1.54, 1.807) is 11.3 Å². The van der Waals surface area contributed by atoms with Crippen molar-refractivity contribution in [2.75, 3.05) is 5.75 Å². The predicted molar refractivity (Wildman–Crippen MR) is 102 cm³/mol. The first-order valence-electron chi connectivity index (χ1n) is 7.88. The minimum absolute atomic E-state index is 0.0122. The van der Waals surface area contributed by atoms with Crippen LogP contribution in [0.5, 0.6) is 0 Å². The Hall–Kier alpha value is -2.38. The van der Waals surface area contributed by atoms with Gasteiger partial charge in [0.1, 0.15) is 0 Å². The molecule has 2 heterocycles. The number of amides is 1. The van der Waals surface area contributed by atoms with Gasteiger partial charge in [-0.1, -0.05) is 65.1 Å². The van der Waals surface area contributed by atoms with Gasteiger partial charge in [-0.3, -0.25) is 9.20 Å². The number of thioether (sulfide) groups is 1. The molecule has 0 spiro atoms. The number of aromatic nitrogens is 3. The van der Waals surface area contributed by atoms with Gasteiger partial charge in [0.25, 0.3) is 0 Å². The monoisotopic (exact) mass is 368 g/mol. The van der Waals surface area contributed by atoms with E-state index >= 15 is 0 Å². The largest absolute Gasteiger partial charge is 0.351 e. The Morgan fingerprint density at radius 2 is 1.96 bits per heavy atom. The minimum Gasteiger partial charge on any atom is -0.351 e. The average molecular weight is 368 g/mol. The molecule has 0 atom stereocenters. The van der Waals surface area contributed by atoms with Gasteiger partial charge in [0.05, 0.1) is 16.0 Å². The van der Waals surface area contributed by atoms with Crippen molar-refractivity contribution in [1.82, 2.24) is 19.9 Å². The second-order valence-electron chi connectivity index (χ2n) is 5.72. The first-order valence-corrected chi connectivity index (χ1v) is 9.68. The molecule has 4 aromatic rings. The Labute approximate surface area is 153 Å². The van der Waals surface area contributed by atoms with Gasteiger partial charge in [-0.2, -0.15) is 0 Å². The maximum absolute atomic E-state index is 12.1. The maximum Gasteiger partial charge on any atom is 0.230 e. The van der Waals surface area contributed by atoms with Crippen molar-refractivity contribution < 1.29 is 4.79 Å². The van der Waals surface area contributed by atoms with Crippen LogP contribution in [-0.4, -0.2) is 26.3 Å². The fraction of sp³-hybridized carbons (Fsp3) is 0.167. The Balaban J connectivity index is 1.41. The number of aryl methyl sites for hydroxylation is 1. The van der Waals surface area contributed by atoms with E-state index in [2.05, 4.69) is 21.6 Å². The lowest BCUT2D eigenvalue weighted by Crippen LogP contribution is -2.24. The summed E-state index contributed by atoms with van der Waals surface area (Å²) < 4.78 is 3.18. The standard InChI is InChI=1S/C18H16N4OS2/c1-12-6-8-13(9-7-12)10-19-16(23)11-24-17-20-21-18-22(17)14-4-2-3-5-15(14)25-18/h2-9H,10-11H2,1H3,(H,19,23). The lowest BCUT2D eigenvalue weighted by Gasteiger charge is -2.05. The normalized spacial score (nSPS) is 11.2. The van der Waals surface area contributed by atoms with Crippen molar-refractivity contribution >= 4 is 44.2 Å². The fourth-order valence-electron chi connectivity index (χ4n) is 2.54. The van der Waals surface area contributed by atoms with Crippen LogP contribution in [0.2, 0.25) is 0 Å². The predicted octanol–water partition coefficient (Wildman–Crippen LogP) is 3.66. The van der Waals surface area contributed by atoms with Gasteiger partial charge in [0.15, 0.2) is 5.16 Å². The first-order chi connectivity index (χ1) is 12.2. The van der Waals surface area contributed by atoms with Gasteiger partial charge in [-0.05, 0) is 24.6 Å². The van der Waals surface area contributed by atoms with Crippen molar-refractivity contribution in [3.05, 3.63) is 59.7 Å². The van der Waals surface area contributed by atoms with Crippen molar-refractivity contribution in [1.29, 1.82) is 0 Å². The molecule has 4 rings (SSSR count). The van der Waals surface area contributed by atoms with Crippen LogP contribution in [-0.2, 0) is 11.3 Å². The summed E-state index contributed by atoms with van der Waals surface area (Å²) in [7, 11) is 0. The van der Waals surface area contributed by atoms with E-state index in [1.165, 1.54) is 17.3 Å². The smallest absolute Gasteiger partial charge is 0.230 e. The second kappa shape index (κ2) is 6.85. The van der Waals surface area contributed by atoms with Gasteiger partial charge in [0, 0.05) is 6.54 Å². The van der Waals surface area contributed by atoms with E-state index in [0.29, 0.717) is 12.3 Å². The highest BCUT2D eigenvalue weighted by Gasteiger charge is 2.13. The lowest BCUT2D eigenvalue weighted by molar-refractivity contribution is -0.118. The summed E-state index contributed by atoms with van der Waals surface area (Å²) in [6.07, 6.45) is 0. The molecule has 1 amide bonds. The van der Waals surface area contributed by atoms with Gasteiger partial charge >= 0.3 is 0 Å². The maximum atomic E-state index is 12.1. The quantitative estimate of drug-likeness (QED) is 0.546.